The van der Waals surface area contributed by atoms with E-state index in [-0.39, 0.29) is 17.5 Å². The molecule has 0 amide bonds. The van der Waals surface area contributed by atoms with E-state index >= 15 is 4.39 Å². The summed E-state index contributed by atoms with van der Waals surface area (Å²) < 4.78 is 72.3. The maximum absolute atomic E-state index is 15.3. The standard InChI is InChI=1S/C19H16FNO5S2/c20-19-14(12-13-6-2-1-3-7-13)8-4-9-15(19)18-16(27(21,22)23)10-5-11-17(18)28(24,25)26/h1-11H,12H2,(H2,21,22,23)(H,24,25,26). The zero-order chi connectivity index (χ0) is 20.5. The van der Waals surface area contributed by atoms with Gasteiger partial charge in [0.05, 0.1) is 4.90 Å². The molecule has 0 aliphatic rings. The summed E-state index contributed by atoms with van der Waals surface area (Å²) in [5, 5.41) is 5.19. The van der Waals surface area contributed by atoms with Crippen molar-refractivity contribution in [2.45, 2.75) is 16.2 Å². The monoisotopic (exact) mass is 421 g/mol. The van der Waals surface area contributed by atoms with E-state index in [1.165, 1.54) is 18.2 Å². The zero-order valence-electron chi connectivity index (χ0n) is 14.4. The predicted molar refractivity (Wildman–Crippen MR) is 102 cm³/mol. The normalized spacial score (nSPS) is 12.1. The minimum absolute atomic E-state index is 0.208. The molecule has 0 atom stereocenters. The average molecular weight is 421 g/mol. The number of primary sulfonamides is 1. The van der Waals surface area contributed by atoms with Crippen LogP contribution in [0.1, 0.15) is 11.1 Å². The van der Waals surface area contributed by atoms with Crippen LogP contribution in [0.3, 0.4) is 0 Å². The fourth-order valence-corrected chi connectivity index (χ4v) is 4.52. The molecule has 6 nitrogen and oxygen atoms in total. The van der Waals surface area contributed by atoms with Crippen LogP contribution in [0.25, 0.3) is 11.1 Å². The van der Waals surface area contributed by atoms with Gasteiger partial charge in [-0.05, 0) is 23.3 Å². The maximum Gasteiger partial charge on any atom is 0.295 e. The second-order valence-corrected chi connectivity index (χ2v) is 9.01. The van der Waals surface area contributed by atoms with E-state index in [1.54, 1.807) is 24.3 Å². The lowest BCUT2D eigenvalue weighted by Gasteiger charge is -2.15. The topological polar surface area (TPSA) is 115 Å². The van der Waals surface area contributed by atoms with Crippen molar-refractivity contribution in [2.24, 2.45) is 5.14 Å². The summed E-state index contributed by atoms with van der Waals surface area (Å²) in [5.74, 6) is -0.799. The van der Waals surface area contributed by atoms with Crippen LogP contribution < -0.4 is 5.14 Å². The molecule has 0 bridgehead atoms. The van der Waals surface area contributed by atoms with E-state index in [1.807, 2.05) is 6.07 Å². The summed E-state index contributed by atoms with van der Waals surface area (Å²) in [5.41, 5.74) is 0.257. The number of benzene rings is 3. The molecular weight excluding hydrogens is 405 g/mol. The van der Waals surface area contributed by atoms with E-state index in [4.69, 9.17) is 5.14 Å². The second kappa shape index (κ2) is 7.44. The molecule has 9 heteroatoms. The van der Waals surface area contributed by atoms with Crippen LogP contribution in [0.2, 0.25) is 0 Å². The Bertz CT molecular complexity index is 1190. The number of rotatable bonds is 5. The van der Waals surface area contributed by atoms with E-state index in [0.717, 1.165) is 23.8 Å². The second-order valence-electron chi connectivity index (χ2n) is 6.09. The van der Waals surface area contributed by atoms with Crippen LogP contribution in [0, 0.1) is 5.82 Å². The Morgan fingerprint density at radius 1 is 0.821 bits per heavy atom. The molecule has 0 aliphatic carbocycles. The molecule has 0 radical (unpaired) electrons. The molecule has 0 spiro atoms. The molecule has 0 saturated carbocycles. The quantitative estimate of drug-likeness (QED) is 0.615. The average Bonchev–Trinajstić information content (AvgIpc) is 2.62. The number of hydrogen-bond acceptors (Lipinski definition) is 4. The van der Waals surface area contributed by atoms with Gasteiger partial charge in [0.15, 0.2) is 0 Å². The van der Waals surface area contributed by atoms with Crippen LogP contribution in [-0.2, 0) is 26.6 Å². The molecule has 0 heterocycles. The van der Waals surface area contributed by atoms with Gasteiger partial charge in [-0.15, -0.1) is 0 Å². The minimum Gasteiger partial charge on any atom is -0.282 e. The van der Waals surface area contributed by atoms with Gasteiger partial charge in [-0.25, -0.2) is 17.9 Å². The highest BCUT2D eigenvalue weighted by Crippen LogP contribution is 2.36. The van der Waals surface area contributed by atoms with Gasteiger partial charge >= 0.3 is 0 Å². The molecule has 0 aromatic heterocycles. The van der Waals surface area contributed by atoms with Crippen molar-refractivity contribution in [3.05, 3.63) is 83.7 Å². The fourth-order valence-electron chi connectivity index (χ4n) is 2.95. The maximum atomic E-state index is 15.3. The lowest BCUT2D eigenvalue weighted by molar-refractivity contribution is 0.483. The molecule has 0 aliphatic heterocycles. The van der Waals surface area contributed by atoms with Crippen molar-refractivity contribution in [2.75, 3.05) is 0 Å². The summed E-state index contributed by atoms with van der Waals surface area (Å²) in [6.45, 7) is 0. The third-order valence-electron chi connectivity index (χ3n) is 4.16. The van der Waals surface area contributed by atoms with Crippen LogP contribution in [0.15, 0.2) is 76.5 Å². The summed E-state index contributed by atoms with van der Waals surface area (Å²) in [6.07, 6.45) is 0.208. The summed E-state index contributed by atoms with van der Waals surface area (Å²) in [4.78, 5) is -1.34. The van der Waals surface area contributed by atoms with Gasteiger partial charge in [0.2, 0.25) is 10.0 Å². The molecule has 0 saturated heterocycles. The summed E-state index contributed by atoms with van der Waals surface area (Å²) in [6, 6.07) is 16.4. The number of sulfonamides is 1. The Morgan fingerprint density at radius 2 is 1.43 bits per heavy atom. The fraction of sp³-hybridized carbons (Fsp3) is 0.0526. The lowest BCUT2D eigenvalue weighted by Crippen LogP contribution is -2.16. The van der Waals surface area contributed by atoms with Crippen LogP contribution >= 0.6 is 0 Å². The van der Waals surface area contributed by atoms with Crippen molar-refractivity contribution in [3.63, 3.8) is 0 Å². The SMILES string of the molecule is NS(=O)(=O)c1cccc(S(=O)(=O)O)c1-c1cccc(Cc2ccccc2)c1F. The van der Waals surface area contributed by atoms with Gasteiger partial charge in [0.25, 0.3) is 10.1 Å². The summed E-state index contributed by atoms with van der Waals surface area (Å²) in [7, 11) is -9.23. The molecule has 0 fully saturated rings. The Balaban J connectivity index is 2.29. The summed E-state index contributed by atoms with van der Waals surface area (Å²) >= 11 is 0. The Hall–Kier alpha value is -2.59. The number of halogens is 1. The van der Waals surface area contributed by atoms with Gasteiger partial charge in [-0.2, -0.15) is 8.42 Å². The van der Waals surface area contributed by atoms with Crippen molar-refractivity contribution in [3.8, 4) is 11.1 Å². The van der Waals surface area contributed by atoms with E-state index in [0.29, 0.717) is 0 Å². The van der Waals surface area contributed by atoms with E-state index in [9.17, 15) is 21.4 Å². The third kappa shape index (κ3) is 4.12. The van der Waals surface area contributed by atoms with Crippen LogP contribution in [0.4, 0.5) is 4.39 Å². The van der Waals surface area contributed by atoms with Gasteiger partial charge in [-0.1, -0.05) is 54.6 Å². The zero-order valence-corrected chi connectivity index (χ0v) is 16.0. The number of nitrogens with two attached hydrogens (primary N) is 1. The van der Waals surface area contributed by atoms with Crippen LogP contribution in [0.5, 0.6) is 0 Å². The molecule has 3 rings (SSSR count). The molecular formula is C19H16FNO5S2. The first kappa shape index (κ1) is 20.2. The molecule has 3 aromatic carbocycles. The first-order valence-electron chi connectivity index (χ1n) is 8.04. The van der Waals surface area contributed by atoms with Crippen molar-refractivity contribution < 1.29 is 25.8 Å². The smallest absolute Gasteiger partial charge is 0.282 e. The first-order valence-corrected chi connectivity index (χ1v) is 11.0. The molecule has 3 N–H and O–H groups in total. The van der Waals surface area contributed by atoms with Gasteiger partial charge < -0.3 is 0 Å². The largest absolute Gasteiger partial charge is 0.295 e. The van der Waals surface area contributed by atoms with Crippen molar-refractivity contribution in [1.82, 2.24) is 0 Å². The number of hydrogen-bond donors (Lipinski definition) is 2. The van der Waals surface area contributed by atoms with Crippen LogP contribution in [-0.4, -0.2) is 21.4 Å². The van der Waals surface area contributed by atoms with Gasteiger partial charge in [0, 0.05) is 17.5 Å². The Morgan fingerprint density at radius 3 is 2.04 bits per heavy atom. The third-order valence-corrected chi connectivity index (χ3v) is 6.01. The minimum atomic E-state index is -4.84. The molecule has 28 heavy (non-hydrogen) atoms. The van der Waals surface area contributed by atoms with Crippen molar-refractivity contribution in [1.29, 1.82) is 0 Å². The highest BCUT2D eigenvalue weighted by Gasteiger charge is 2.27. The van der Waals surface area contributed by atoms with Gasteiger partial charge in [0.1, 0.15) is 10.7 Å². The van der Waals surface area contributed by atoms with E-state index < -0.39 is 41.3 Å². The molecule has 0 unspecified atom stereocenters. The van der Waals surface area contributed by atoms with Crippen molar-refractivity contribution >= 4 is 20.1 Å². The molecule has 3 aromatic rings. The highest BCUT2D eigenvalue weighted by atomic mass is 32.2. The highest BCUT2D eigenvalue weighted by molar-refractivity contribution is 7.89. The Labute approximate surface area is 162 Å². The van der Waals surface area contributed by atoms with Gasteiger partial charge in [-0.3, -0.25) is 4.55 Å². The predicted octanol–water partition coefficient (Wildman–Crippen LogP) is 2.98. The molecule has 146 valence electrons. The lowest BCUT2D eigenvalue weighted by atomic mass is 9.98. The van der Waals surface area contributed by atoms with E-state index in [2.05, 4.69) is 0 Å². The Kier molecular flexibility index (Phi) is 5.35. The first-order chi connectivity index (χ1) is 13.1.